The number of rotatable bonds is 3. The SMILES string of the molecule is COC(=O)C1(C(C)O)CC(=O)N(c2c(C)cccc2C)C1. The Bertz CT molecular complexity index is 561. The number of nitrogens with zero attached hydrogens (tertiary/aromatic N) is 1. The molecule has 114 valence electrons. The molecule has 5 heteroatoms. The first-order valence-corrected chi connectivity index (χ1v) is 6.96. The van der Waals surface area contributed by atoms with Gasteiger partial charge in [0, 0.05) is 18.7 Å². The van der Waals surface area contributed by atoms with Crippen molar-refractivity contribution in [2.75, 3.05) is 18.6 Å². The second-order valence-electron chi connectivity index (χ2n) is 5.72. The van der Waals surface area contributed by atoms with E-state index in [9.17, 15) is 14.7 Å². The molecule has 1 aliphatic rings. The van der Waals surface area contributed by atoms with Crippen LogP contribution in [0.15, 0.2) is 18.2 Å². The molecule has 2 unspecified atom stereocenters. The van der Waals surface area contributed by atoms with Crippen LogP contribution in [0.5, 0.6) is 0 Å². The number of carbonyl (C=O) groups excluding carboxylic acids is 2. The lowest BCUT2D eigenvalue weighted by Gasteiger charge is -2.29. The van der Waals surface area contributed by atoms with Crippen molar-refractivity contribution in [2.24, 2.45) is 5.41 Å². The molecule has 0 aliphatic carbocycles. The third-order valence-corrected chi connectivity index (χ3v) is 4.31. The van der Waals surface area contributed by atoms with Gasteiger partial charge in [0.15, 0.2) is 0 Å². The number of ether oxygens (including phenoxy) is 1. The van der Waals surface area contributed by atoms with Gasteiger partial charge in [-0.1, -0.05) is 18.2 Å². The van der Waals surface area contributed by atoms with Crippen LogP contribution in [-0.2, 0) is 14.3 Å². The van der Waals surface area contributed by atoms with Crippen molar-refractivity contribution in [3.8, 4) is 0 Å². The van der Waals surface area contributed by atoms with E-state index in [2.05, 4.69) is 0 Å². The Morgan fingerprint density at radius 2 is 1.95 bits per heavy atom. The number of aryl methyl sites for hydroxylation is 2. The molecule has 1 amide bonds. The average molecular weight is 291 g/mol. The number of esters is 1. The zero-order valence-corrected chi connectivity index (χ0v) is 12.8. The summed E-state index contributed by atoms with van der Waals surface area (Å²) in [6.07, 6.45) is -0.992. The summed E-state index contributed by atoms with van der Waals surface area (Å²) < 4.78 is 4.81. The van der Waals surface area contributed by atoms with Crippen molar-refractivity contribution in [3.63, 3.8) is 0 Å². The second kappa shape index (κ2) is 5.48. The molecular formula is C16H21NO4. The van der Waals surface area contributed by atoms with Gasteiger partial charge in [-0.3, -0.25) is 9.59 Å². The second-order valence-corrected chi connectivity index (χ2v) is 5.72. The molecule has 0 radical (unpaired) electrons. The zero-order valence-electron chi connectivity index (χ0n) is 12.8. The molecule has 21 heavy (non-hydrogen) atoms. The first-order valence-electron chi connectivity index (χ1n) is 6.96. The van der Waals surface area contributed by atoms with E-state index in [4.69, 9.17) is 4.74 Å². The monoisotopic (exact) mass is 291 g/mol. The van der Waals surface area contributed by atoms with Gasteiger partial charge in [0.05, 0.1) is 13.2 Å². The van der Waals surface area contributed by atoms with Crippen LogP contribution in [0.2, 0.25) is 0 Å². The van der Waals surface area contributed by atoms with E-state index >= 15 is 0 Å². The Labute approximate surface area is 124 Å². The van der Waals surface area contributed by atoms with Crippen molar-refractivity contribution in [1.82, 2.24) is 0 Å². The molecule has 2 rings (SSSR count). The largest absolute Gasteiger partial charge is 0.468 e. The number of amides is 1. The fourth-order valence-electron chi connectivity index (χ4n) is 3.02. The Morgan fingerprint density at radius 1 is 1.38 bits per heavy atom. The summed E-state index contributed by atoms with van der Waals surface area (Å²) in [6, 6.07) is 5.78. The molecule has 1 aromatic rings. The van der Waals surface area contributed by atoms with Gasteiger partial charge in [-0.2, -0.15) is 0 Å². The first kappa shape index (κ1) is 15.5. The van der Waals surface area contributed by atoms with Gasteiger partial charge in [0.2, 0.25) is 5.91 Å². The summed E-state index contributed by atoms with van der Waals surface area (Å²) in [5.41, 5.74) is 1.55. The molecule has 1 aliphatic heterocycles. The number of benzene rings is 1. The molecule has 0 saturated carbocycles. The maximum absolute atomic E-state index is 12.4. The van der Waals surface area contributed by atoms with Crippen LogP contribution < -0.4 is 4.90 Å². The lowest BCUT2D eigenvalue weighted by Crippen LogP contribution is -2.44. The first-order chi connectivity index (χ1) is 9.83. The van der Waals surface area contributed by atoms with Crippen LogP contribution in [-0.4, -0.2) is 36.7 Å². The number of carbonyl (C=O) groups is 2. The van der Waals surface area contributed by atoms with E-state index in [1.54, 1.807) is 4.90 Å². The van der Waals surface area contributed by atoms with E-state index < -0.39 is 17.5 Å². The summed E-state index contributed by atoms with van der Waals surface area (Å²) in [4.78, 5) is 26.1. The number of aliphatic hydroxyl groups excluding tert-OH is 1. The number of anilines is 1. The third-order valence-electron chi connectivity index (χ3n) is 4.31. The van der Waals surface area contributed by atoms with Gasteiger partial charge < -0.3 is 14.7 Å². The minimum atomic E-state index is -1.19. The molecule has 5 nitrogen and oxygen atoms in total. The molecule has 0 aromatic heterocycles. The molecule has 1 aromatic carbocycles. The van der Waals surface area contributed by atoms with Crippen LogP contribution in [0.3, 0.4) is 0 Å². The predicted octanol–water partition coefficient (Wildman–Crippen LogP) is 1.58. The Balaban J connectivity index is 2.46. The van der Waals surface area contributed by atoms with E-state index in [0.717, 1.165) is 16.8 Å². The van der Waals surface area contributed by atoms with E-state index in [-0.39, 0.29) is 18.9 Å². The van der Waals surface area contributed by atoms with Crippen molar-refractivity contribution >= 4 is 17.6 Å². The molecule has 2 atom stereocenters. The third kappa shape index (κ3) is 2.42. The van der Waals surface area contributed by atoms with Crippen molar-refractivity contribution in [2.45, 2.75) is 33.3 Å². The minimum absolute atomic E-state index is 0.0366. The topological polar surface area (TPSA) is 66.8 Å². The van der Waals surface area contributed by atoms with Crippen molar-refractivity contribution in [1.29, 1.82) is 0 Å². The maximum Gasteiger partial charge on any atom is 0.316 e. The molecule has 1 fully saturated rings. The summed E-state index contributed by atoms with van der Waals surface area (Å²) in [5.74, 6) is -0.710. The summed E-state index contributed by atoms with van der Waals surface area (Å²) in [5, 5.41) is 10.0. The molecule has 0 bridgehead atoms. The Kier molecular flexibility index (Phi) is 4.05. The highest BCUT2D eigenvalue weighted by atomic mass is 16.5. The summed E-state index contributed by atoms with van der Waals surface area (Å²) >= 11 is 0. The average Bonchev–Trinajstić information content (AvgIpc) is 2.77. The normalized spacial score (nSPS) is 23.3. The minimum Gasteiger partial charge on any atom is -0.468 e. The number of para-hydroxylation sites is 1. The Hall–Kier alpha value is -1.88. The van der Waals surface area contributed by atoms with Gasteiger partial charge in [-0.15, -0.1) is 0 Å². The highest BCUT2D eigenvalue weighted by Crippen LogP contribution is 2.40. The standard InChI is InChI=1S/C16H21NO4/c1-10-6-5-7-11(2)14(10)17-9-16(12(3)18,8-13(17)19)15(20)21-4/h5-7,12,18H,8-9H2,1-4H3. The number of hydrogen-bond donors (Lipinski definition) is 1. The van der Waals surface area contributed by atoms with Crippen LogP contribution in [0.4, 0.5) is 5.69 Å². The van der Waals surface area contributed by atoms with Gasteiger partial charge >= 0.3 is 5.97 Å². The van der Waals surface area contributed by atoms with Crippen LogP contribution in [0.25, 0.3) is 0 Å². The van der Waals surface area contributed by atoms with Crippen LogP contribution in [0, 0.1) is 19.3 Å². The molecule has 1 saturated heterocycles. The highest BCUT2D eigenvalue weighted by Gasteiger charge is 2.54. The smallest absolute Gasteiger partial charge is 0.316 e. The molecule has 1 N–H and O–H groups in total. The highest BCUT2D eigenvalue weighted by molar-refractivity contribution is 6.02. The summed E-state index contributed by atoms with van der Waals surface area (Å²) in [7, 11) is 1.28. The Morgan fingerprint density at radius 3 is 2.43 bits per heavy atom. The molecular weight excluding hydrogens is 270 g/mol. The van der Waals surface area contributed by atoms with E-state index in [1.165, 1.54) is 14.0 Å². The number of hydrogen-bond acceptors (Lipinski definition) is 4. The maximum atomic E-state index is 12.4. The van der Waals surface area contributed by atoms with Crippen LogP contribution >= 0.6 is 0 Å². The number of methoxy groups -OCH3 is 1. The van der Waals surface area contributed by atoms with Crippen molar-refractivity contribution in [3.05, 3.63) is 29.3 Å². The predicted molar refractivity (Wildman–Crippen MR) is 79.0 cm³/mol. The molecule has 1 heterocycles. The van der Waals surface area contributed by atoms with Crippen molar-refractivity contribution < 1.29 is 19.4 Å². The summed E-state index contributed by atoms with van der Waals surface area (Å²) in [6.45, 7) is 5.52. The molecule has 0 spiro atoms. The van der Waals surface area contributed by atoms with Crippen LogP contribution in [0.1, 0.15) is 24.5 Å². The number of aliphatic hydroxyl groups is 1. The lowest BCUT2D eigenvalue weighted by molar-refractivity contribution is -0.158. The zero-order chi connectivity index (χ0) is 15.8. The van der Waals surface area contributed by atoms with E-state index in [1.807, 2.05) is 32.0 Å². The van der Waals surface area contributed by atoms with Gasteiger partial charge in [0.25, 0.3) is 0 Å². The fourth-order valence-corrected chi connectivity index (χ4v) is 3.02. The lowest BCUT2D eigenvalue weighted by atomic mass is 9.82. The van der Waals surface area contributed by atoms with Gasteiger partial charge in [0.1, 0.15) is 5.41 Å². The quantitative estimate of drug-likeness (QED) is 0.859. The van der Waals surface area contributed by atoms with Gasteiger partial charge in [-0.05, 0) is 31.9 Å². The van der Waals surface area contributed by atoms with E-state index in [0.29, 0.717) is 0 Å². The fraction of sp³-hybridized carbons (Fsp3) is 0.500. The van der Waals surface area contributed by atoms with Gasteiger partial charge in [-0.25, -0.2) is 0 Å².